The first-order valence-corrected chi connectivity index (χ1v) is 7.14. The molecule has 0 aliphatic carbocycles. The van der Waals surface area contributed by atoms with Crippen LogP contribution in [0.3, 0.4) is 0 Å². The lowest BCUT2D eigenvalue weighted by atomic mass is 10.1. The molecule has 1 fully saturated rings. The molecule has 0 atom stereocenters. The van der Waals surface area contributed by atoms with Crippen LogP contribution in [0.4, 0.5) is 9.18 Å². The predicted molar refractivity (Wildman–Crippen MR) is 81.9 cm³/mol. The number of furan rings is 1. The second-order valence-electron chi connectivity index (χ2n) is 5.28. The van der Waals surface area contributed by atoms with Crippen LogP contribution < -0.4 is 5.32 Å². The average molecular weight is 328 g/mol. The van der Waals surface area contributed by atoms with Crippen LogP contribution in [0.25, 0.3) is 6.08 Å². The Morgan fingerprint density at radius 3 is 2.46 bits per heavy atom. The molecule has 7 heteroatoms. The summed E-state index contributed by atoms with van der Waals surface area (Å²) in [4.78, 5) is 37.2. The Hall–Kier alpha value is -3.22. The molecule has 6 nitrogen and oxygen atoms in total. The zero-order valence-electron chi connectivity index (χ0n) is 12.7. The molecule has 24 heavy (non-hydrogen) atoms. The van der Waals surface area contributed by atoms with Crippen molar-refractivity contribution in [3.8, 4) is 0 Å². The van der Waals surface area contributed by atoms with E-state index < -0.39 is 23.7 Å². The Kier molecular flexibility index (Phi) is 3.99. The number of barbiturate groups is 1. The van der Waals surface area contributed by atoms with E-state index in [1.165, 1.54) is 30.3 Å². The molecule has 1 N–H and O–H groups in total. The Morgan fingerprint density at radius 2 is 1.83 bits per heavy atom. The van der Waals surface area contributed by atoms with Gasteiger partial charge in [-0.25, -0.2) is 9.18 Å². The smallest absolute Gasteiger partial charge is 0.331 e. The number of carbonyl (C=O) groups is 3. The largest absolute Gasteiger partial charge is 0.462 e. The average Bonchev–Trinajstić information content (AvgIpc) is 2.95. The van der Waals surface area contributed by atoms with Crippen LogP contribution in [0.2, 0.25) is 0 Å². The molecule has 2 heterocycles. The third kappa shape index (κ3) is 3.10. The molecular formula is C17H13FN2O4. The highest BCUT2D eigenvalue weighted by molar-refractivity contribution is 6.30. The van der Waals surface area contributed by atoms with E-state index in [-0.39, 0.29) is 12.1 Å². The fraction of sp³-hybridized carbons (Fsp3) is 0.118. The molecule has 122 valence electrons. The van der Waals surface area contributed by atoms with Gasteiger partial charge in [-0.3, -0.25) is 19.8 Å². The van der Waals surface area contributed by atoms with Crippen LogP contribution in [-0.4, -0.2) is 22.7 Å². The number of imide groups is 2. The van der Waals surface area contributed by atoms with Gasteiger partial charge in [-0.05, 0) is 42.8 Å². The Morgan fingerprint density at radius 1 is 1.12 bits per heavy atom. The molecule has 3 rings (SSSR count). The number of hydrogen-bond acceptors (Lipinski definition) is 4. The summed E-state index contributed by atoms with van der Waals surface area (Å²) in [6.45, 7) is 1.65. The highest BCUT2D eigenvalue weighted by Gasteiger charge is 2.35. The van der Waals surface area contributed by atoms with E-state index in [2.05, 4.69) is 5.32 Å². The van der Waals surface area contributed by atoms with E-state index in [0.29, 0.717) is 17.1 Å². The maximum Gasteiger partial charge on any atom is 0.331 e. The van der Waals surface area contributed by atoms with E-state index >= 15 is 0 Å². The van der Waals surface area contributed by atoms with Crippen LogP contribution in [0.5, 0.6) is 0 Å². The van der Waals surface area contributed by atoms with Crippen LogP contribution in [0.15, 0.2) is 46.4 Å². The minimum absolute atomic E-state index is 0.0766. The first-order chi connectivity index (χ1) is 11.4. The quantitative estimate of drug-likeness (QED) is 0.693. The van der Waals surface area contributed by atoms with E-state index in [4.69, 9.17) is 4.42 Å². The molecule has 1 saturated heterocycles. The van der Waals surface area contributed by atoms with Crippen molar-refractivity contribution >= 4 is 23.9 Å². The number of benzene rings is 1. The zero-order chi connectivity index (χ0) is 17.3. The van der Waals surface area contributed by atoms with Crippen molar-refractivity contribution in [2.45, 2.75) is 13.5 Å². The van der Waals surface area contributed by atoms with E-state index in [9.17, 15) is 18.8 Å². The van der Waals surface area contributed by atoms with Crippen molar-refractivity contribution in [2.24, 2.45) is 0 Å². The minimum atomic E-state index is -0.817. The number of nitrogens with one attached hydrogen (secondary N) is 1. The lowest BCUT2D eigenvalue weighted by molar-refractivity contribution is -0.130. The SMILES string of the molecule is Cc1ccc(/C=C2/C(=O)NC(=O)N(Cc3ccc(F)cc3)C2=O)o1. The van der Waals surface area contributed by atoms with Gasteiger partial charge < -0.3 is 4.42 Å². The molecule has 0 bridgehead atoms. The Balaban J connectivity index is 1.88. The van der Waals surface area contributed by atoms with Crippen molar-refractivity contribution in [1.82, 2.24) is 10.2 Å². The summed E-state index contributed by atoms with van der Waals surface area (Å²) in [6.07, 6.45) is 1.29. The summed E-state index contributed by atoms with van der Waals surface area (Å²) in [6, 6.07) is 7.88. The van der Waals surface area contributed by atoms with Crippen LogP contribution in [0, 0.1) is 12.7 Å². The van der Waals surface area contributed by atoms with Crippen LogP contribution in [-0.2, 0) is 16.1 Å². The van der Waals surface area contributed by atoms with Crippen molar-refractivity contribution in [3.63, 3.8) is 0 Å². The van der Waals surface area contributed by atoms with E-state index in [1.54, 1.807) is 19.1 Å². The summed E-state index contributed by atoms with van der Waals surface area (Å²) < 4.78 is 18.3. The summed E-state index contributed by atoms with van der Waals surface area (Å²) in [5, 5.41) is 2.11. The van der Waals surface area contributed by atoms with Crippen molar-refractivity contribution in [3.05, 3.63) is 64.9 Å². The Bertz CT molecular complexity index is 852. The highest BCUT2D eigenvalue weighted by Crippen LogP contribution is 2.18. The second kappa shape index (κ2) is 6.11. The Labute approximate surface area is 136 Å². The summed E-state index contributed by atoms with van der Waals surface area (Å²) in [5.74, 6) is -0.972. The molecular weight excluding hydrogens is 315 g/mol. The molecule has 1 aliphatic rings. The molecule has 1 aliphatic heterocycles. The van der Waals surface area contributed by atoms with E-state index in [0.717, 1.165) is 4.90 Å². The molecule has 2 aromatic rings. The fourth-order valence-corrected chi connectivity index (χ4v) is 2.28. The molecule has 0 saturated carbocycles. The number of aryl methyl sites for hydroxylation is 1. The van der Waals surface area contributed by atoms with Gasteiger partial charge in [0, 0.05) is 0 Å². The maximum atomic E-state index is 13.0. The fourth-order valence-electron chi connectivity index (χ4n) is 2.28. The molecule has 0 radical (unpaired) electrons. The molecule has 0 spiro atoms. The number of nitrogens with zero attached hydrogens (tertiary/aromatic N) is 1. The number of rotatable bonds is 3. The van der Waals surface area contributed by atoms with Gasteiger partial charge in [0.25, 0.3) is 11.8 Å². The minimum Gasteiger partial charge on any atom is -0.462 e. The monoisotopic (exact) mass is 328 g/mol. The molecule has 1 aromatic carbocycles. The molecule has 0 unspecified atom stereocenters. The normalized spacial score (nSPS) is 16.7. The number of halogens is 1. The van der Waals surface area contributed by atoms with Gasteiger partial charge in [-0.15, -0.1) is 0 Å². The first-order valence-electron chi connectivity index (χ1n) is 7.14. The van der Waals surface area contributed by atoms with Gasteiger partial charge >= 0.3 is 6.03 Å². The highest BCUT2D eigenvalue weighted by atomic mass is 19.1. The van der Waals surface area contributed by atoms with Crippen molar-refractivity contribution in [1.29, 1.82) is 0 Å². The first kappa shape index (κ1) is 15.7. The summed E-state index contributed by atoms with van der Waals surface area (Å²) in [5.41, 5.74) is 0.355. The van der Waals surface area contributed by atoms with Crippen molar-refractivity contribution < 1.29 is 23.2 Å². The topological polar surface area (TPSA) is 79.6 Å². The lowest BCUT2D eigenvalue weighted by Gasteiger charge is -2.26. The van der Waals surface area contributed by atoms with Gasteiger partial charge in [-0.1, -0.05) is 12.1 Å². The number of amides is 4. The number of urea groups is 1. The van der Waals surface area contributed by atoms with Gasteiger partial charge in [-0.2, -0.15) is 0 Å². The van der Waals surface area contributed by atoms with Gasteiger partial charge in [0.1, 0.15) is 22.9 Å². The lowest BCUT2D eigenvalue weighted by Crippen LogP contribution is -2.53. The van der Waals surface area contributed by atoms with Crippen molar-refractivity contribution in [2.75, 3.05) is 0 Å². The molecule has 1 aromatic heterocycles. The van der Waals surface area contributed by atoms with Gasteiger partial charge in [0.05, 0.1) is 6.54 Å². The van der Waals surface area contributed by atoms with Crippen LogP contribution >= 0.6 is 0 Å². The second-order valence-corrected chi connectivity index (χ2v) is 5.28. The molecule has 4 amide bonds. The predicted octanol–water partition coefficient (Wildman–Crippen LogP) is 2.39. The number of carbonyl (C=O) groups excluding carboxylic acids is 3. The summed E-state index contributed by atoms with van der Waals surface area (Å²) in [7, 11) is 0. The standard InChI is InChI=1S/C17H13FN2O4/c1-10-2-7-13(24-10)8-14-15(21)19-17(23)20(16(14)22)9-11-3-5-12(18)6-4-11/h2-8H,9H2,1H3,(H,19,21,23)/b14-8-. The van der Waals surface area contributed by atoms with Gasteiger partial charge in [0.2, 0.25) is 0 Å². The van der Waals surface area contributed by atoms with Crippen LogP contribution in [0.1, 0.15) is 17.1 Å². The third-order valence-electron chi connectivity index (χ3n) is 3.49. The van der Waals surface area contributed by atoms with E-state index in [1.807, 2.05) is 0 Å². The zero-order valence-corrected chi connectivity index (χ0v) is 12.7. The maximum absolute atomic E-state index is 13.0. The van der Waals surface area contributed by atoms with Gasteiger partial charge in [0.15, 0.2) is 0 Å². The summed E-state index contributed by atoms with van der Waals surface area (Å²) >= 11 is 0. The number of hydrogen-bond donors (Lipinski definition) is 1. The third-order valence-corrected chi connectivity index (χ3v) is 3.49.